The molecular formula is C9H12N2O2. The van der Waals surface area contributed by atoms with E-state index in [2.05, 4.69) is 10.3 Å². The van der Waals surface area contributed by atoms with Crippen LogP contribution in [-0.2, 0) is 0 Å². The Morgan fingerprint density at radius 3 is 2.77 bits per heavy atom. The van der Waals surface area contributed by atoms with Crippen molar-refractivity contribution in [2.24, 2.45) is 0 Å². The van der Waals surface area contributed by atoms with E-state index in [0.717, 1.165) is 0 Å². The largest absolute Gasteiger partial charge is 0.357 e. The van der Waals surface area contributed by atoms with Crippen LogP contribution in [0.5, 0.6) is 0 Å². The highest BCUT2D eigenvalue weighted by Gasteiger charge is 2.08. The van der Waals surface area contributed by atoms with Crippen LogP contribution in [0.1, 0.15) is 34.7 Å². The molecule has 0 aliphatic heterocycles. The van der Waals surface area contributed by atoms with Gasteiger partial charge in [-0.3, -0.25) is 9.59 Å². The predicted octanol–water partition coefficient (Wildman–Crippen LogP) is 0.965. The zero-order valence-corrected chi connectivity index (χ0v) is 7.63. The lowest BCUT2D eigenvalue weighted by Gasteiger charge is -2.05. The first-order chi connectivity index (χ1) is 6.13. The Morgan fingerprint density at radius 2 is 2.31 bits per heavy atom. The fourth-order valence-electron chi connectivity index (χ4n) is 0.950. The lowest BCUT2D eigenvalue weighted by molar-refractivity contribution is 0.0938. The summed E-state index contributed by atoms with van der Waals surface area (Å²) in [5.74, 6) is -0.192. The molecule has 1 heterocycles. The minimum absolute atomic E-state index is 0.0930. The number of carbonyl (C=O) groups is 2. The number of hydrogen-bond acceptors (Lipinski definition) is 2. The third kappa shape index (κ3) is 2.43. The Bertz CT molecular complexity index is 315. The highest BCUT2D eigenvalue weighted by Crippen LogP contribution is 2.00. The van der Waals surface area contributed by atoms with Crippen LogP contribution >= 0.6 is 0 Å². The summed E-state index contributed by atoms with van der Waals surface area (Å²) in [6.45, 7) is 3.75. The van der Waals surface area contributed by atoms with Crippen LogP contribution in [0.3, 0.4) is 0 Å². The van der Waals surface area contributed by atoms with Crippen LogP contribution in [-0.4, -0.2) is 23.2 Å². The monoisotopic (exact) mass is 180 g/mol. The van der Waals surface area contributed by atoms with Crippen molar-refractivity contribution < 1.29 is 9.59 Å². The van der Waals surface area contributed by atoms with Gasteiger partial charge in [0.05, 0.1) is 0 Å². The van der Waals surface area contributed by atoms with E-state index in [4.69, 9.17) is 0 Å². The molecule has 0 radical (unpaired) electrons. The summed E-state index contributed by atoms with van der Waals surface area (Å²) in [6.07, 6.45) is 2.20. The molecule has 0 saturated carbocycles. The summed E-state index contributed by atoms with van der Waals surface area (Å²) in [4.78, 5) is 24.4. The average Bonchev–Trinajstić information content (AvgIpc) is 2.50. The third-order valence-electron chi connectivity index (χ3n) is 1.51. The quantitative estimate of drug-likeness (QED) is 0.681. The van der Waals surface area contributed by atoms with Crippen LogP contribution in [0.2, 0.25) is 0 Å². The Balaban J connectivity index is 2.71. The normalized spacial score (nSPS) is 10.1. The Hall–Kier alpha value is -1.58. The molecule has 0 spiro atoms. The minimum Gasteiger partial charge on any atom is -0.357 e. The average molecular weight is 180 g/mol. The van der Waals surface area contributed by atoms with Crippen molar-refractivity contribution >= 4 is 12.2 Å². The molecule has 1 aromatic rings. The van der Waals surface area contributed by atoms with Crippen LogP contribution in [0.15, 0.2) is 12.3 Å². The molecule has 2 N–H and O–H groups in total. The molecule has 13 heavy (non-hydrogen) atoms. The number of rotatable bonds is 3. The zero-order chi connectivity index (χ0) is 9.84. The standard InChI is InChI=1S/C9H12N2O2/c1-6(2)11-9(13)8-3-7(5-12)4-10-8/h3-6,10H,1-2H3,(H,11,13). The van der Waals surface area contributed by atoms with Gasteiger partial charge in [0.1, 0.15) is 5.69 Å². The summed E-state index contributed by atoms with van der Waals surface area (Å²) in [5.41, 5.74) is 0.893. The zero-order valence-electron chi connectivity index (χ0n) is 7.63. The Kier molecular flexibility index (Phi) is 2.84. The van der Waals surface area contributed by atoms with E-state index < -0.39 is 0 Å². The highest BCUT2D eigenvalue weighted by molar-refractivity contribution is 5.94. The number of amides is 1. The van der Waals surface area contributed by atoms with Gasteiger partial charge in [0.2, 0.25) is 0 Å². The number of hydrogen-bond donors (Lipinski definition) is 2. The summed E-state index contributed by atoms with van der Waals surface area (Å²) >= 11 is 0. The maximum absolute atomic E-state index is 11.3. The van der Waals surface area contributed by atoms with Gasteiger partial charge >= 0.3 is 0 Å². The van der Waals surface area contributed by atoms with E-state index in [-0.39, 0.29) is 11.9 Å². The summed E-state index contributed by atoms with van der Waals surface area (Å²) in [7, 11) is 0. The van der Waals surface area contributed by atoms with Crippen LogP contribution in [0.4, 0.5) is 0 Å². The molecular weight excluding hydrogens is 168 g/mol. The van der Waals surface area contributed by atoms with Gasteiger partial charge in [-0.1, -0.05) is 0 Å². The van der Waals surface area contributed by atoms with Crippen molar-refractivity contribution in [3.05, 3.63) is 23.5 Å². The SMILES string of the molecule is CC(C)NC(=O)c1cc(C=O)c[nH]1. The van der Waals surface area contributed by atoms with Gasteiger partial charge in [-0.25, -0.2) is 0 Å². The van der Waals surface area contributed by atoms with E-state index in [1.165, 1.54) is 12.3 Å². The molecule has 1 aromatic heterocycles. The van der Waals surface area contributed by atoms with Crippen molar-refractivity contribution in [3.8, 4) is 0 Å². The van der Waals surface area contributed by atoms with Crippen LogP contribution in [0.25, 0.3) is 0 Å². The molecule has 0 saturated heterocycles. The molecule has 0 aliphatic carbocycles. The van der Waals surface area contributed by atoms with Gasteiger partial charge in [-0.05, 0) is 19.9 Å². The van der Waals surface area contributed by atoms with E-state index in [0.29, 0.717) is 17.5 Å². The fourth-order valence-corrected chi connectivity index (χ4v) is 0.950. The first-order valence-electron chi connectivity index (χ1n) is 4.08. The van der Waals surface area contributed by atoms with E-state index in [1.54, 1.807) is 0 Å². The van der Waals surface area contributed by atoms with Gasteiger partial charge in [0, 0.05) is 17.8 Å². The summed E-state index contributed by atoms with van der Waals surface area (Å²) in [5, 5.41) is 2.71. The molecule has 0 unspecified atom stereocenters. The molecule has 0 fully saturated rings. The number of aromatic nitrogens is 1. The van der Waals surface area contributed by atoms with E-state index >= 15 is 0 Å². The van der Waals surface area contributed by atoms with Crippen LogP contribution in [0, 0.1) is 0 Å². The fraction of sp³-hybridized carbons (Fsp3) is 0.333. The summed E-state index contributed by atoms with van der Waals surface area (Å²) in [6, 6.07) is 1.61. The van der Waals surface area contributed by atoms with Crippen LogP contribution < -0.4 is 5.32 Å². The second-order valence-corrected chi connectivity index (χ2v) is 3.09. The molecule has 4 nitrogen and oxygen atoms in total. The molecule has 4 heteroatoms. The Labute approximate surface area is 76.3 Å². The molecule has 0 bridgehead atoms. The maximum Gasteiger partial charge on any atom is 0.267 e. The first-order valence-corrected chi connectivity index (χ1v) is 4.08. The second-order valence-electron chi connectivity index (χ2n) is 3.09. The van der Waals surface area contributed by atoms with Crippen molar-refractivity contribution in [3.63, 3.8) is 0 Å². The molecule has 1 rings (SSSR count). The van der Waals surface area contributed by atoms with Crippen molar-refractivity contribution in [1.29, 1.82) is 0 Å². The molecule has 0 aliphatic rings. The lowest BCUT2D eigenvalue weighted by atomic mass is 10.3. The first kappa shape index (κ1) is 9.51. The number of aromatic amines is 1. The highest BCUT2D eigenvalue weighted by atomic mass is 16.2. The van der Waals surface area contributed by atoms with E-state index in [9.17, 15) is 9.59 Å². The summed E-state index contributed by atoms with van der Waals surface area (Å²) < 4.78 is 0. The lowest BCUT2D eigenvalue weighted by Crippen LogP contribution is -2.30. The van der Waals surface area contributed by atoms with Gasteiger partial charge in [-0.15, -0.1) is 0 Å². The van der Waals surface area contributed by atoms with Crippen molar-refractivity contribution in [2.75, 3.05) is 0 Å². The molecule has 0 aromatic carbocycles. The van der Waals surface area contributed by atoms with Crippen molar-refractivity contribution in [2.45, 2.75) is 19.9 Å². The topological polar surface area (TPSA) is 62.0 Å². The molecule has 1 amide bonds. The molecule has 70 valence electrons. The predicted molar refractivity (Wildman–Crippen MR) is 48.8 cm³/mol. The number of aldehydes is 1. The maximum atomic E-state index is 11.3. The van der Waals surface area contributed by atoms with Gasteiger partial charge in [0.25, 0.3) is 5.91 Å². The second kappa shape index (κ2) is 3.89. The van der Waals surface area contributed by atoms with Crippen molar-refractivity contribution in [1.82, 2.24) is 10.3 Å². The number of nitrogens with one attached hydrogen (secondary N) is 2. The third-order valence-corrected chi connectivity index (χ3v) is 1.51. The smallest absolute Gasteiger partial charge is 0.267 e. The number of H-pyrrole nitrogens is 1. The molecule has 0 atom stereocenters. The van der Waals surface area contributed by atoms with E-state index in [1.807, 2.05) is 13.8 Å². The minimum atomic E-state index is -0.192. The van der Waals surface area contributed by atoms with Gasteiger partial charge in [0.15, 0.2) is 6.29 Å². The Morgan fingerprint density at radius 1 is 1.62 bits per heavy atom. The number of carbonyl (C=O) groups excluding carboxylic acids is 2. The van der Waals surface area contributed by atoms with Gasteiger partial charge in [-0.2, -0.15) is 0 Å². The van der Waals surface area contributed by atoms with Gasteiger partial charge < -0.3 is 10.3 Å².